The second kappa shape index (κ2) is 6.47. The molecule has 1 aliphatic rings. The van der Waals surface area contributed by atoms with Crippen molar-refractivity contribution < 1.29 is 4.79 Å². The maximum absolute atomic E-state index is 11.8. The van der Waals surface area contributed by atoms with E-state index in [0.717, 1.165) is 32.1 Å². The van der Waals surface area contributed by atoms with Crippen LogP contribution >= 0.6 is 0 Å². The van der Waals surface area contributed by atoms with E-state index in [2.05, 4.69) is 22.3 Å². The van der Waals surface area contributed by atoms with Crippen LogP contribution in [-0.2, 0) is 4.79 Å². The van der Waals surface area contributed by atoms with Crippen LogP contribution in [0, 0.1) is 5.92 Å². The summed E-state index contributed by atoms with van der Waals surface area (Å²) in [5.74, 6) is 0.0183. The fraction of sp³-hybridized carbons (Fsp3) is 0.909. The molecule has 1 amide bonds. The van der Waals surface area contributed by atoms with Gasteiger partial charge in [-0.1, -0.05) is 31.3 Å². The summed E-state index contributed by atoms with van der Waals surface area (Å²) < 4.78 is 0. The zero-order chi connectivity index (χ0) is 12.7. The van der Waals surface area contributed by atoms with Crippen LogP contribution in [0.2, 0.25) is 0 Å². The molecular weight excluding hydrogens is 218 g/mol. The third-order valence-electron chi connectivity index (χ3n) is 3.72. The maximum Gasteiger partial charge on any atom is 0.238 e. The fourth-order valence-electron chi connectivity index (χ4n) is 2.82. The average Bonchev–Trinajstić information content (AvgIpc) is 2.34. The molecule has 17 heavy (non-hydrogen) atoms. The highest BCUT2D eigenvalue weighted by Crippen LogP contribution is 2.35. The van der Waals surface area contributed by atoms with E-state index in [4.69, 9.17) is 11.3 Å². The molecular formula is C11H21N5O. The van der Waals surface area contributed by atoms with Crippen molar-refractivity contribution in [3.63, 3.8) is 0 Å². The molecule has 1 rings (SSSR count). The summed E-state index contributed by atoms with van der Waals surface area (Å²) in [6, 6.07) is 0. The Labute approximate surface area is 102 Å². The molecule has 0 heterocycles. The molecule has 2 atom stereocenters. The van der Waals surface area contributed by atoms with Crippen molar-refractivity contribution in [2.75, 3.05) is 13.1 Å². The normalized spacial score (nSPS) is 28.4. The second-order valence-corrected chi connectivity index (χ2v) is 4.57. The third-order valence-corrected chi connectivity index (χ3v) is 3.72. The molecule has 6 nitrogen and oxygen atoms in total. The lowest BCUT2D eigenvalue weighted by Gasteiger charge is -2.42. The first-order valence-corrected chi connectivity index (χ1v) is 6.23. The number of carbonyl (C=O) groups excluding carboxylic acids is 1. The predicted octanol–water partition coefficient (Wildman–Crippen LogP) is 1.71. The molecule has 0 aromatic rings. The Hall–Kier alpha value is -1.26. The Balaban J connectivity index is 2.71. The summed E-state index contributed by atoms with van der Waals surface area (Å²) in [7, 11) is 0. The summed E-state index contributed by atoms with van der Waals surface area (Å²) in [6.07, 6.45) is 4.95. The van der Waals surface area contributed by atoms with Gasteiger partial charge in [0.2, 0.25) is 5.91 Å². The number of carbonyl (C=O) groups is 1. The molecule has 6 heteroatoms. The number of amides is 1. The van der Waals surface area contributed by atoms with Gasteiger partial charge in [0.1, 0.15) is 5.54 Å². The summed E-state index contributed by atoms with van der Waals surface area (Å²) in [6.45, 7) is 2.94. The minimum Gasteiger partial charge on any atom is -0.368 e. The van der Waals surface area contributed by atoms with E-state index in [-0.39, 0.29) is 5.91 Å². The van der Waals surface area contributed by atoms with Crippen LogP contribution in [0.4, 0.5) is 0 Å². The van der Waals surface area contributed by atoms with Gasteiger partial charge in [0, 0.05) is 18.0 Å². The summed E-state index contributed by atoms with van der Waals surface area (Å²) in [5.41, 5.74) is 13.2. The molecule has 0 spiro atoms. The van der Waals surface area contributed by atoms with Crippen LogP contribution in [0.25, 0.3) is 10.4 Å². The minimum atomic E-state index is -0.599. The van der Waals surface area contributed by atoms with Crippen LogP contribution in [0.5, 0.6) is 0 Å². The molecule has 96 valence electrons. The van der Waals surface area contributed by atoms with Gasteiger partial charge in [-0.2, -0.15) is 0 Å². The Morgan fingerprint density at radius 3 is 3.00 bits per heavy atom. The predicted molar refractivity (Wildman–Crippen MR) is 66.2 cm³/mol. The highest BCUT2D eigenvalue weighted by molar-refractivity contribution is 5.85. The highest BCUT2D eigenvalue weighted by Gasteiger charge is 2.44. The van der Waals surface area contributed by atoms with E-state index in [1.807, 2.05) is 0 Å². The molecule has 2 unspecified atom stereocenters. The number of azide groups is 1. The second-order valence-electron chi connectivity index (χ2n) is 4.57. The van der Waals surface area contributed by atoms with Gasteiger partial charge in [0.05, 0.1) is 0 Å². The molecule has 0 radical (unpaired) electrons. The standard InChI is InChI=1S/C11H21N5O/c1-2-9-5-3-4-6-11(9,10(12)17)14-7-8-15-16-13/h9,14H,2-8H2,1H3,(H2,12,17). The molecule has 0 aromatic carbocycles. The van der Waals surface area contributed by atoms with Gasteiger partial charge in [-0.05, 0) is 24.3 Å². The van der Waals surface area contributed by atoms with Crippen molar-refractivity contribution in [1.82, 2.24) is 5.32 Å². The van der Waals surface area contributed by atoms with Gasteiger partial charge in [-0.3, -0.25) is 4.79 Å². The SMILES string of the molecule is CCC1CCCCC1(NCCN=[N+]=[N-])C(N)=O. The fourth-order valence-corrected chi connectivity index (χ4v) is 2.82. The highest BCUT2D eigenvalue weighted by atomic mass is 16.1. The molecule has 1 saturated carbocycles. The van der Waals surface area contributed by atoms with Crippen molar-refractivity contribution in [2.24, 2.45) is 16.8 Å². The monoisotopic (exact) mass is 239 g/mol. The zero-order valence-corrected chi connectivity index (χ0v) is 10.4. The number of rotatable bonds is 6. The quantitative estimate of drug-likeness (QED) is 0.319. The van der Waals surface area contributed by atoms with Crippen LogP contribution in [0.3, 0.4) is 0 Å². The first kappa shape index (κ1) is 13.8. The zero-order valence-electron chi connectivity index (χ0n) is 10.4. The Morgan fingerprint density at radius 1 is 1.65 bits per heavy atom. The summed E-state index contributed by atoms with van der Waals surface area (Å²) >= 11 is 0. The molecule has 0 bridgehead atoms. The lowest BCUT2D eigenvalue weighted by atomic mass is 9.71. The number of hydrogen-bond acceptors (Lipinski definition) is 3. The van der Waals surface area contributed by atoms with Gasteiger partial charge in [0.15, 0.2) is 0 Å². The van der Waals surface area contributed by atoms with E-state index < -0.39 is 5.54 Å². The summed E-state index contributed by atoms with van der Waals surface area (Å²) in [4.78, 5) is 14.5. The smallest absolute Gasteiger partial charge is 0.238 e. The van der Waals surface area contributed by atoms with E-state index >= 15 is 0 Å². The van der Waals surface area contributed by atoms with Gasteiger partial charge < -0.3 is 11.1 Å². The van der Waals surface area contributed by atoms with Gasteiger partial charge in [0.25, 0.3) is 0 Å². The Morgan fingerprint density at radius 2 is 2.41 bits per heavy atom. The molecule has 3 N–H and O–H groups in total. The Kier molecular flexibility index (Phi) is 5.25. The van der Waals surface area contributed by atoms with Crippen molar-refractivity contribution in [3.05, 3.63) is 10.4 Å². The van der Waals surface area contributed by atoms with Gasteiger partial charge >= 0.3 is 0 Å². The van der Waals surface area contributed by atoms with Crippen molar-refractivity contribution in [2.45, 2.75) is 44.6 Å². The van der Waals surface area contributed by atoms with Crippen LogP contribution in [0.15, 0.2) is 5.11 Å². The minimum absolute atomic E-state index is 0.273. The Bertz CT molecular complexity index is 313. The third kappa shape index (κ3) is 3.11. The number of nitrogens with two attached hydrogens (primary N) is 1. The van der Waals surface area contributed by atoms with Crippen LogP contribution < -0.4 is 11.1 Å². The first-order valence-electron chi connectivity index (χ1n) is 6.23. The molecule has 1 fully saturated rings. The van der Waals surface area contributed by atoms with Crippen LogP contribution in [-0.4, -0.2) is 24.5 Å². The topological polar surface area (TPSA) is 104 Å². The number of primary amides is 1. The molecule has 0 saturated heterocycles. The van der Waals surface area contributed by atoms with Crippen molar-refractivity contribution in [1.29, 1.82) is 0 Å². The number of nitrogens with zero attached hydrogens (tertiary/aromatic N) is 3. The average molecular weight is 239 g/mol. The first-order chi connectivity index (χ1) is 8.17. The van der Waals surface area contributed by atoms with E-state index in [0.29, 0.717) is 19.0 Å². The van der Waals surface area contributed by atoms with Crippen molar-refractivity contribution in [3.8, 4) is 0 Å². The number of hydrogen-bond donors (Lipinski definition) is 2. The maximum atomic E-state index is 11.8. The lowest BCUT2D eigenvalue weighted by molar-refractivity contribution is -0.128. The largest absolute Gasteiger partial charge is 0.368 e. The summed E-state index contributed by atoms with van der Waals surface area (Å²) in [5, 5.41) is 6.69. The molecule has 1 aliphatic carbocycles. The van der Waals surface area contributed by atoms with Crippen molar-refractivity contribution >= 4 is 5.91 Å². The van der Waals surface area contributed by atoms with Gasteiger partial charge in [-0.15, -0.1) is 0 Å². The van der Waals surface area contributed by atoms with Gasteiger partial charge in [-0.25, -0.2) is 0 Å². The molecule has 0 aliphatic heterocycles. The van der Waals surface area contributed by atoms with E-state index in [9.17, 15) is 4.79 Å². The lowest BCUT2D eigenvalue weighted by Crippen LogP contribution is -2.61. The van der Waals surface area contributed by atoms with E-state index in [1.165, 1.54) is 0 Å². The van der Waals surface area contributed by atoms with Crippen LogP contribution in [0.1, 0.15) is 39.0 Å². The molecule has 0 aromatic heterocycles. The number of nitrogens with one attached hydrogen (secondary N) is 1. The van der Waals surface area contributed by atoms with E-state index in [1.54, 1.807) is 0 Å².